The van der Waals surface area contributed by atoms with Crippen molar-refractivity contribution in [2.24, 2.45) is 7.05 Å². The van der Waals surface area contributed by atoms with Gasteiger partial charge in [-0.2, -0.15) is 0 Å². The van der Waals surface area contributed by atoms with Crippen LogP contribution in [-0.4, -0.2) is 66.2 Å². The molecular weight excluding hydrogens is 411 g/mol. The largest absolute Gasteiger partial charge is 0.369 e. The lowest BCUT2D eigenvalue weighted by Gasteiger charge is -2.35. The van der Waals surface area contributed by atoms with E-state index in [1.165, 1.54) is 11.3 Å². The van der Waals surface area contributed by atoms with Crippen molar-refractivity contribution in [2.45, 2.75) is 12.5 Å². The first-order valence-electron chi connectivity index (χ1n) is 9.74. The molecule has 1 atom stereocenters. The highest BCUT2D eigenvalue weighted by Crippen LogP contribution is 2.26. The Kier molecular flexibility index (Phi) is 8.77. The molecule has 0 aliphatic carbocycles. The number of imidazole rings is 1. The first kappa shape index (κ1) is 23.5. The molecule has 1 amide bonds. The van der Waals surface area contributed by atoms with E-state index in [1.807, 2.05) is 24.0 Å². The summed E-state index contributed by atoms with van der Waals surface area (Å²) in [4.78, 5) is 21.6. The summed E-state index contributed by atoms with van der Waals surface area (Å²) < 4.78 is 2.04. The maximum Gasteiger partial charge on any atom is 0.234 e. The molecule has 1 unspecified atom stereocenters. The monoisotopic (exact) mass is 440 g/mol. The summed E-state index contributed by atoms with van der Waals surface area (Å²) in [5, 5.41) is 6.51. The Hall–Kier alpha value is -1.80. The number of anilines is 1. The molecule has 0 bridgehead atoms. The molecule has 2 aliphatic rings. The summed E-state index contributed by atoms with van der Waals surface area (Å²) in [6.45, 7) is 5.55. The Balaban J connectivity index is 0.00000150. The van der Waals surface area contributed by atoms with E-state index in [2.05, 4.69) is 49.7 Å². The zero-order valence-electron chi connectivity index (χ0n) is 16.7. The van der Waals surface area contributed by atoms with Crippen LogP contribution in [0.15, 0.2) is 36.7 Å². The number of amides is 1. The number of fused-ring (bicyclic) bond motifs is 1. The molecule has 0 radical (unpaired) electrons. The smallest absolute Gasteiger partial charge is 0.234 e. The number of nitrogens with zero attached hydrogens (tertiary/aromatic N) is 4. The van der Waals surface area contributed by atoms with Crippen LogP contribution in [0.1, 0.15) is 17.4 Å². The molecule has 2 N–H and O–H groups in total. The molecule has 0 saturated carbocycles. The van der Waals surface area contributed by atoms with Crippen molar-refractivity contribution in [3.8, 4) is 0 Å². The summed E-state index contributed by atoms with van der Waals surface area (Å²) in [7, 11) is 2.00. The number of benzene rings is 1. The molecule has 1 aromatic heterocycles. The number of rotatable bonds is 6. The summed E-state index contributed by atoms with van der Waals surface area (Å²) >= 11 is 0. The molecule has 7 nitrogen and oxygen atoms in total. The lowest BCUT2D eigenvalue weighted by atomic mass is 10.1. The van der Waals surface area contributed by atoms with Gasteiger partial charge in [0, 0.05) is 64.4 Å². The summed E-state index contributed by atoms with van der Waals surface area (Å²) in [5.41, 5.74) is 2.71. The quantitative estimate of drug-likeness (QED) is 0.710. The average Bonchev–Trinajstić information content (AvgIpc) is 3.29. The van der Waals surface area contributed by atoms with Crippen LogP contribution < -0.4 is 15.5 Å². The number of nitrogens with one attached hydrogen (secondary N) is 2. The molecule has 0 spiro atoms. The highest BCUT2D eigenvalue weighted by molar-refractivity contribution is 5.85. The minimum Gasteiger partial charge on any atom is -0.369 e. The maximum absolute atomic E-state index is 12.5. The van der Waals surface area contributed by atoms with Crippen LogP contribution in [0, 0.1) is 0 Å². The minimum absolute atomic E-state index is 0. The molecular formula is C20H30Cl2N6O. The van der Waals surface area contributed by atoms with Crippen LogP contribution in [0.2, 0.25) is 0 Å². The Labute approximate surface area is 184 Å². The van der Waals surface area contributed by atoms with Gasteiger partial charge in [-0.3, -0.25) is 9.69 Å². The number of carbonyl (C=O) groups is 1. The standard InChI is InChI=1S/C20H28N6O.2ClH/c1-24-11-8-23-20(24)18-14-21-7-12-26(18)15-19(27)22-9-13-25-10-6-16-4-2-3-5-17(16)25;;/h2-5,8,11,18,21H,6-7,9-10,12-15H2,1H3,(H,22,27);2*1H. The normalized spacial score (nSPS) is 18.5. The van der Waals surface area contributed by atoms with Crippen molar-refractivity contribution in [1.82, 2.24) is 25.1 Å². The number of hydrogen-bond donors (Lipinski definition) is 2. The van der Waals surface area contributed by atoms with Crippen LogP contribution in [-0.2, 0) is 18.3 Å². The summed E-state index contributed by atoms with van der Waals surface area (Å²) in [6.07, 6.45) is 4.86. The van der Waals surface area contributed by atoms with Gasteiger partial charge >= 0.3 is 0 Å². The number of hydrogen-bond acceptors (Lipinski definition) is 5. The molecule has 9 heteroatoms. The maximum atomic E-state index is 12.5. The predicted molar refractivity (Wildman–Crippen MR) is 120 cm³/mol. The van der Waals surface area contributed by atoms with Gasteiger partial charge in [0.15, 0.2) is 0 Å². The fourth-order valence-electron chi connectivity index (χ4n) is 4.10. The SMILES string of the molecule is Cl.Cl.Cn1ccnc1C1CNCCN1CC(=O)NCCN1CCc2ccccc21. The van der Waals surface area contributed by atoms with Gasteiger partial charge in [0.2, 0.25) is 5.91 Å². The zero-order chi connectivity index (χ0) is 18.6. The van der Waals surface area contributed by atoms with Gasteiger partial charge in [-0.15, -0.1) is 24.8 Å². The molecule has 29 heavy (non-hydrogen) atoms. The van der Waals surface area contributed by atoms with Gasteiger partial charge in [0.05, 0.1) is 12.6 Å². The first-order chi connectivity index (χ1) is 13.2. The molecule has 3 heterocycles. The minimum atomic E-state index is 0. The van der Waals surface area contributed by atoms with Crippen LogP contribution in [0.3, 0.4) is 0 Å². The number of piperazine rings is 1. The highest BCUT2D eigenvalue weighted by atomic mass is 35.5. The number of halogens is 2. The Morgan fingerprint density at radius 2 is 2.10 bits per heavy atom. The van der Waals surface area contributed by atoms with Gasteiger partial charge < -0.3 is 20.1 Å². The lowest BCUT2D eigenvalue weighted by Crippen LogP contribution is -2.50. The van der Waals surface area contributed by atoms with E-state index < -0.39 is 0 Å². The molecule has 160 valence electrons. The van der Waals surface area contributed by atoms with Crippen molar-refractivity contribution >= 4 is 36.4 Å². The molecule has 1 aromatic carbocycles. The van der Waals surface area contributed by atoms with Crippen molar-refractivity contribution in [3.05, 3.63) is 48.0 Å². The van der Waals surface area contributed by atoms with Crippen LogP contribution in [0.25, 0.3) is 0 Å². The van der Waals surface area contributed by atoms with Crippen LogP contribution in [0.5, 0.6) is 0 Å². The van der Waals surface area contributed by atoms with Crippen molar-refractivity contribution in [3.63, 3.8) is 0 Å². The van der Waals surface area contributed by atoms with E-state index >= 15 is 0 Å². The average molecular weight is 441 g/mol. The lowest BCUT2D eigenvalue weighted by molar-refractivity contribution is -0.123. The van der Waals surface area contributed by atoms with Gasteiger partial charge in [0.1, 0.15) is 5.82 Å². The van der Waals surface area contributed by atoms with Crippen molar-refractivity contribution in [1.29, 1.82) is 0 Å². The van der Waals surface area contributed by atoms with E-state index in [4.69, 9.17) is 0 Å². The Morgan fingerprint density at radius 3 is 2.90 bits per heavy atom. The van der Waals surface area contributed by atoms with Crippen molar-refractivity contribution < 1.29 is 4.79 Å². The first-order valence-corrected chi connectivity index (χ1v) is 9.74. The Bertz CT molecular complexity index is 799. The van der Waals surface area contributed by atoms with Crippen molar-refractivity contribution in [2.75, 3.05) is 50.7 Å². The summed E-state index contributed by atoms with van der Waals surface area (Å²) in [6, 6.07) is 8.67. The molecule has 4 rings (SSSR count). The number of para-hydroxylation sites is 1. The topological polar surface area (TPSA) is 65.4 Å². The van der Waals surface area contributed by atoms with E-state index in [0.29, 0.717) is 13.1 Å². The fourth-order valence-corrected chi connectivity index (χ4v) is 4.10. The molecule has 1 saturated heterocycles. The molecule has 2 aromatic rings. The fraction of sp³-hybridized carbons (Fsp3) is 0.500. The van der Waals surface area contributed by atoms with Gasteiger partial charge in [0.25, 0.3) is 0 Å². The second kappa shape index (κ2) is 10.8. The zero-order valence-corrected chi connectivity index (χ0v) is 18.3. The van der Waals surface area contributed by atoms with Crippen LogP contribution >= 0.6 is 24.8 Å². The highest BCUT2D eigenvalue weighted by Gasteiger charge is 2.28. The third-order valence-corrected chi connectivity index (χ3v) is 5.54. The van der Waals surface area contributed by atoms with E-state index in [9.17, 15) is 4.79 Å². The molecule has 1 fully saturated rings. The van der Waals surface area contributed by atoms with Gasteiger partial charge in [-0.05, 0) is 18.1 Å². The molecule has 2 aliphatic heterocycles. The number of carbonyl (C=O) groups excluding carboxylic acids is 1. The third kappa shape index (κ3) is 5.42. The van der Waals surface area contributed by atoms with Gasteiger partial charge in [-0.25, -0.2) is 4.98 Å². The predicted octanol–water partition coefficient (Wildman–Crippen LogP) is 1.39. The Morgan fingerprint density at radius 1 is 1.28 bits per heavy atom. The van der Waals surface area contributed by atoms with E-state index in [1.54, 1.807) is 0 Å². The van der Waals surface area contributed by atoms with Gasteiger partial charge in [-0.1, -0.05) is 18.2 Å². The number of aromatic nitrogens is 2. The van der Waals surface area contributed by atoms with E-state index in [0.717, 1.165) is 45.0 Å². The second-order valence-corrected chi connectivity index (χ2v) is 7.30. The second-order valence-electron chi connectivity index (χ2n) is 7.30. The number of aryl methyl sites for hydroxylation is 1. The van der Waals surface area contributed by atoms with E-state index in [-0.39, 0.29) is 36.8 Å². The third-order valence-electron chi connectivity index (χ3n) is 5.54. The van der Waals surface area contributed by atoms with Crippen LogP contribution in [0.4, 0.5) is 5.69 Å². The summed E-state index contributed by atoms with van der Waals surface area (Å²) in [5.74, 6) is 1.09.